The van der Waals surface area contributed by atoms with Crippen LogP contribution in [0.5, 0.6) is 0 Å². The number of carbonyl (C=O) groups is 1. The van der Waals surface area contributed by atoms with E-state index in [4.69, 9.17) is 4.42 Å². The zero-order valence-corrected chi connectivity index (χ0v) is 6.54. The summed E-state index contributed by atoms with van der Waals surface area (Å²) in [5, 5.41) is 2.99. The minimum atomic E-state index is 0.0684. The van der Waals surface area contributed by atoms with Gasteiger partial charge in [-0.2, -0.15) is 0 Å². The number of hydrogen-bond acceptors (Lipinski definition) is 3. The zero-order chi connectivity index (χ0) is 8.39. The van der Waals surface area contributed by atoms with E-state index in [1.54, 1.807) is 11.0 Å². The lowest BCUT2D eigenvalue weighted by atomic mass is 10.3. The normalized spacial score (nSPS) is 18.3. The van der Waals surface area contributed by atoms with Crippen molar-refractivity contribution >= 4 is 11.6 Å². The molecule has 1 aromatic rings. The van der Waals surface area contributed by atoms with Gasteiger partial charge in [-0.05, 0) is 0 Å². The van der Waals surface area contributed by atoms with Crippen LogP contribution < -0.4 is 10.2 Å². The summed E-state index contributed by atoms with van der Waals surface area (Å²) >= 11 is 0. The highest BCUT2D eigenvalue weighted by Crippen LogP contribution is 2.14. The Kier molecular flexibility index (Phi) is 1.83. The molecule has 2 rings (SSSR count). The Morgan fingerprint density at radius 2 is 2.58 bits per heavy atom. The van der Waals surface area contributed by atoms with E-state index in [2.05, 4.69) is 11.6 Å². The van der Waals surface area contributed by atoms with Gasteiger partial charge in [-0.25, -0.2) is 0 Å². The second-order valence-electron chi connectivity index (χ2n) is 2.63. The van der Waals surface area contributed by atoms with E-state index in [-0.39, 0.29) is 5.91 Å². The lowest BCUT2D eigenvalue weighted by molar-refractivity contribution is -0.118. The predicted molar refractivity (Wildman–Crippen MR) is 42.8 cm³/mol. The number of carbonyl (C=O) groups excluding carboxylic acids is 1. The van der Waals surface area contributed by atoms with Gasteiger partial charge in [0.05, 0.1) is 18.5 Å². The minimum Gasteiger partial charge on any atom is -0.459 e. The molecular weight excluding hydrogens is 156 g/mol. The van der Waals surface area contributed by atoms with Crippen molar-refractivity contribution in [3.05, 3.63) is 18.6 Å². The average molecular weight is 165 g/mol. The van der Waals surface area contributed by atoms with Crippen LogP contribution in [0.2, 0.25) is 0 Å². The SMILES string of the molecule is O=C1CNCCN1c1[c]occ1. The van der Waals surface area contributed by atoms with Crippen LogP contribution in [0.25, 0.3) is 0 Å². The highest BCUT2D eigenvalue weighted by Gasteiger charge is 2.19. The van der Waals surface area contributed by atoms with Crippen LogP contribution in [-0.2, 0) is 4.79 Å². The number of furan rings is 1. The maximum Gasteiger partial charge on any atom is 0.241 e. The Morgan fingerprint density at radius 1 is 1.67 bits per heavy atom. The van der Waals surface area contributed by atoms with Crippen molar-refractivity contribution in [1.82, 2.24) is 5.32 Å². The summed E-state index contributed by atoms with van der Waals surface area (Å²) in [7, 11) is 0. The predicted octanol–water partition coefficient (Wildman–Crippen LogP) is 0.0160. The fraction of sp³-hybridized carbons (Fsp3) is 0.375. The highest BCUT2D eigenvalue weighted by atomic mass is 16.3. The number of nitrogens with zero attached hydrogens (tertiary/aromatic N) is 1. The molecule has 1 aliphatic rings. The molecule has 12 heavy (non-hydrogen) atoms. The van der Waals surface area contributed by atoms with E-state index in [0.717, 1.165) is 12.2 Å². The lowest BCUT2D eigenvalue weighted by Crippen LogP contribution is -2.48. The van der Waals surface area contributed by atoms with Crippen molar-refractivity contribution in [3.63, 3.8) is 0 Å². The van der Waals surface area contributed by atoms with Crippen molar-refractivity contribution in [2.75, 3.05) is 24.5 Å². The fourth-order valence-electron chi connectivity index (χ4n) is 1.23. The van der Waals surface area contributed by atoms with E-state index in [0.29, 0.717) is 13.1 Å². The highest BCUT2D eigenvalue weighted by molar-refractivity contribution is 5.95. The van der Waals surface area contributed by atoms with E-state index >= 15 is 0 Å². The number of amides is 1. The number of rotatable bonds is 1. The smallest absolute Gasteiger partial charge is 0.241 e. The molecule has 63 valence electrons. The monoisotopic (exact) mass is 165 g/mol. The van der Waals surface area contributed by atoms with E-state index in [9.17, 15) is 4.79 Å². The summed E-state index contributed by atoms with van der Waals surface area (Å²) in [6.07, 6.45) is 4.16. The van der Waals surface area contributed by atoms with Gasteiger partial charge in [-0.15, -0.1) is 0 Å². The summed E-state index contributed by atoms with van der Waals surface area (Å²) in [5.74, 6) is 0.0684. The van der Waals surface area contributed by atoms with Crippen LogP contribution in [0, 0.1) is 6.26 Å². The third-order valence-electron chi connectivity index (χ3n) is 1.84. The first-order valence-corrected chi connectivity index (χ1v) is 3.84. The Morgan fingerprint density at radius 3 is 3.25 bits per heavy atom. The molecule has 0 spiro atoms. The second-order valence-corrected chi connectivity index (χ2v) is 2.63. The zero-order valence-electron chi connectivity index (χ0n) is 6.54. The van der Waals surface area contributed by atoms with Crippen LogP contribution in [0.15, 0.2) is 16.7 Å². The maximum atomic E-state index is 11.3. The molecule has 0 aliphatic carbocycles. The molecule has 0 saturated carbocycles. The summed E-state index contributed by atoms with van der Waals surface area (Å²) in [5.41, 5.74) is 0.724. The van der Waals surface area contributed by atoms with Crippen LogP contribution in [0.4, 0.5) is 5.69 Å². The van der Waals surface area contributed by atoms with Gasteiger partial charge in [0, 0.05) is 19.2 Å². The minimum absolute atomic E-state index is 0.0684. The number of hydrogen-bond donors (Lipinski definition) is 1. The first-order chi connectivity index (χ1) is 5.88. The van der Waals surface area contributed by atoms with Gasteiger partial charge < -0.3 is 14.6 Å². The van der Waals surface area contributed by atoms with Crippen molar-refractivity contribution in [1.29, 1.82) is 0 Å². The van der Waals surface area contributed by atoms with Gasteiger partial charge >= 0.3 is 0 Å². The molecule has 1 aromatic heterocycles. The summed E-state index contributed by atoms with van der Waals surface area (Å²) in [4.78, 5) is 13.0. The summed E-state index contributed by atoms with van der Waals surface area (Å²) in [6, 6.07) is 1.74. The molecule has 1 amide bonds. The molecule has 1 saturated heterocycles. The molecule has 1 radical (unpaired) electrons. The van der Waals surface area contributed by atoms with Crippen LogP contribution in [0.3, 0.4) is 0 Å². The third-order valence-corrected chi connectivity index (χ3v) is 1.84. The summed E-state index contributed by atoms with van der Waals surface area (Å²) in [6.45, 7) is 1.92. The molecule has 0 bridgehead atoms. The van der Waals surface area contributed by atoms with Gasteiger partial charge in [-0.3, -0.25) is 4.79 Å². The number of anilines is 1. The van der Waals surface area contributed by atoms with Gasteiger partial charge in [0.15, 0.2) is 6.26 Å². The molecule has 0 aromatic carbocycles. The van der Waals surface area contributed by atoms with Crippen LogP contribution in [0.1, 0.15) is 0 Å². The van der Waals surface area contributed by atoms with Crippen molar-refractivity contribution < 1.29 is 9.21 Å². The summed E-state index contributed by atoms with van der Waals surface area (Å²) < 4.78 is 4.78. The molecule has 1 fully saturated rings. The third kappa shape index (κ3) is 1.21. The number of piperazine rings is 1. The van der Waals surface area contributed by atoms with Crippen molar-refractivity contribution in [2.45, 2.75) is 0 Å². The molecule has 1 aliphatic heterocycles. The van der Waals surface area contributed by atoms with Gasteiger partial charge in [-0.1, -0.05) is 0 Å². The average Bonchev–Trinajstić information content (AvgIpc) is 2.57. The molecule has 4 heteroatoms. The maximum absolute atomic E-state index is 11.3. The largest absolute Gasteiger partial charge is 0.459 e. The Bertz CT molecular complexity index is 269. The van der Waals surface area contributed by atoms with Gasteiger partial charge in [0.2, 0.25) is 5.91 Å². The van der Waals surface area contributed by atoms with Gasteiger partial charge in [0.1, 0.15) is 0 Å². The number of nitrogens with one attached hydrogen (secondary N) is 1. The van der Waals surface area contributed by atoms with E-state index < -0.39 is 0 Å². The lowest BCUT2D eigenvalue weighted by Gasteiger charge is -2.25. The standard InChI is InChI=1S/C8H9N2O2/c11-8-5-9-2-3-10(8)7-1-4-12-6-7/h1,4,9H,2-3,5H2. The molecule has 0 atom stereocenters. The Labute approximate surface area is 70.2 Å². The van der Waals surface area contributed by atoms with Crippen LogP contribution >= 0.6 is 0 Å². The Balaban J connectivity index is 2.17. The molecular formula is C8H9N2O2. The molecule has 2 heterocycles. The van der Waals surface area contributed by atoms with E-state index in [1.807, 2.05) is 0 Å². The van der Waals surface area contributed by atoms with Crippen LogP contribution in [-0.4, -0.2) is 25.5 Å². The van der Waals surface area contributed by atoms with Gasteiger partial charge in [0.25, 0.3) is 0 Å². The topological polar surface area (TPSA) is 45.5 Å². The van der Waals surface area contributed by atoms with Crippen molar-refractivity contribution in [3.8, 4) is 0 Å². The van der Waals surface area contributed by atoms with Crippen molar-refractivity contribution in [2.24, 2.45) is 0 Å². The first-order valence-electron chi connectivity index (χ1n) is 3.84. The van der Waals surface area contributed by atoms with E-state index in [1.165, 1.54) is 6.26 Å². The molecule has 0 unspecified atom stereocenters. The molecule has 1 N–H and O–H groups in total. The molecule has 4 nitrogen and oxygen atoms in total. The second kappa shape index (κ2) is 2.98. The quantitative estimate of drug-likeness (QED) is 0.638. The Hall–Kier alpha value is -1.29. The fourth-order valence-corrected chi connectivity index (χ4v) is 1.23. The first kappa shape index (κ1) is 7.36.